The number of methoxy groups -OCH3 is 1. The second-order valence-electron chi connectivity index (χ2n) is 5.20. The first-order valence-electron chi connectivity index (χ1n) is 7.11. The average molecular weight is 347 g/mol. The molecule has 0 fully saturated rings. The van der Waals surface area contributed by atoms with Crippen LogP contribution in [0.25, 0.3) is 0 Å². The SMILES string of the molecule is COc1ccc(NC(=O)CN(C)[C@@H](C)C(=O)NCC(F)(F)F)cc1. The molecular weight excluding hydrogens is 327 g/mol. The monoisotopic (exact) mass is 347 g/mol. The Bertz CT molecular complexity index is 561. The number of amides is 2. The van der Waals surface area contributed by atoms with E-state index in [4.69, 9.17) is 4.74 Å². The van der Waals surface area contributed by atoms with Crippen LogP contribution in [0.1, 0.15) is 6.92 Å². The number of hydrogen-bond donors (Lipinski definition) is 2. The maximum Gasteiger partial charge on any atom is 0.405 e. The van der Waals surface area contributed by atoms with E-state index in [2.05, 4.69) is 5.32 Å². The number of carbonyl (C=O) groups excluding carboxylic acids is 2. The average Bonchev–Trinajstić information content (AvgIpc) is 2.51. The predicted molar refractivity (Wildman–Crippen MR) is 82.8 cm³/mol. The second kappa shape index (κ2) is 8.53. The number of halogens is 3. The van der Waals surface area contributed by atoms with Gasteiger partial charge in [-0.1, -0.05) is 0 Å². The Hall–Kier alpha value is -2.29. The van der Waals surface area contributed by atoms with Crippen molar-refractivity contribution in [1.82, 2.24) is 10.2 Å². The molecule has 0 aliphatic rings. The van der Waals surface area contributed by atoms with E-state index in [1.807, 2.05) is 0 Å². The number of benzene rings is 1. The molecule has 9 heteroatoms. The van der Waals surface area contributed by atoms with Crippen molar-refractivity contribution in [3.05, 3.63) is 24.3 Å². The number of carbonyl (C=O) groups is 2. The fourth-order valence-corrected chi connectivity index (χ4v) is 1.77. The van der Waals surface area contributed by atoms with Gasteiger partial charge in [0.05, 0.1) is 19.7 Å². The van der Waals surface area contributed by atoms with Gasteiger partial charge in [-0.2, -0.15) is 13.2 Å². The second-order valence-corrected chi connectivity index (χ2v) is 5.20. The molecule has 6 nitrogen and oxygen atoms in total. The number of nitrogens with zero attached hydrogens (tertiary/aromatic N) is 1. The molecule has 1 atom stereocenters. The molecule has 0 aliphatic heterocycles. The molecule has 0 saturated heterocycles. The third kappa shape index (κ3) is 6.86. The van der Waals surface area contributed by atoms with Gasteiger partial charge >= 0.3 is 6.18 Å². The van der Waals surface area contributed by atoms with Crippen LogP contribution in [-0.2, 0) is 9.59 Å². The Kier molecular flexibility index (Phi) is 7.02. The molecule has 0 radical (unpaired) electrons. The van der Waals surface area contributed by atoms with Gasteiger partial charge in [0.2, 0.25) is 11.8 Å². The summed E-state index contributed by atoms with van der Waals surface area (Å²) in [5, 5.41) is 4.41. The number of nitrogens with one attached hydrogen (secondary N) is 2. The topological polar surface area (TPSA) is 70.7 Å². The number of ether oxygens (including phenoxy) is 1. The lowest BCUT2D eigenvalue weighted by atomic mass is 10.2. The molecule has 0 aliphatic carbocycles. The number of likely N-dealkylation sites (N-methyl/N-ethyl adjacent to an activating group) is 1. The summed E-state index contributed by atoms with van der Waals surface area (Å²) in [5.41, 5.74) is 0.545. The standard InChI is InChI=1S/C15H20F3N3O3/c1-10(14(23)19-9-15(16,17)18)21(2)8-13(22)20-11-4-6-12(24-3)7-5-11/h4-7,10H,8-9H2,1-3H3,(H,19,23)(H,20,22)/t10-/m0/s1. The summed E-state index contributed by atoms with van der Waals surface area (Å²) in [6.07, 6.45) is -4.47. The minimum atomic E-state index is -4.47. The maximum absolute atomic E-state index is 12.1. The van der Waals surface area contributed by atoms with Crippen LogP contribution in [0.4, 0.5) is 18.9 Å². The number of anilines is 1. The zero-order valence-electron chi connectivity index (χ0n) is 13.6. The van der Waals surface area contributed by atoms with Crippen LogP contribution >= 0.6 is 0 Å². The summed E-state index contributed by atoms with van der Waals surface area (Å²) in [6.45, 7) is -0.124. The van der Waals surface area contributed by atoms with E-state index in [1.165, 1.54) is 26.0 Å². The highest BCUT2D eigenvalue weighted by molar-refractivity contribution is 5.92. The number of hydrogen-bond acceptors (Lipinski definition) is 4. The third-order valence-corrected chi connectivity index (χ3v) is 3.27. The van der Waals surface area contributed by atoms with E-state index in [-0.39, 0.29) is 6.54 Å². The Morgan fingerprint density at radius 1 is 1.25 bits per heavy atom. The van der Waals surface area contributed by atoms with Gasteiger partial charge in [-0.05, 0) is 38.2 Å². The molecule has 134 valence electrons. The first-order chi connectivity index (χ1) is 11.1. The van der Waals surface area contributed by atoms with Crippen LogP contribution in [0.2, 0.25) is 0 Å². The first kappa shape index (κ1) is 19.8. The van der Waals surface area contributed by atoms with Crippen molar-refractivity contribution in [2.45, 2.75) is 19.1 Å². The van der Waals surface area contributed by atoms with Crippen molar-refractivity contribution in [3.8, 4) is 5.75 Å². The highest BCUT2D eigenvalue weighted by Crippen LogP contribution is 2.15. The largest absolute Gasteiger partial charge is 0.497 e. The van der Waals surface area contributed by atoms with Crippen LogP contribution in [0.5, 0.6) is 5.75 Å². The van der Waals surface area contributed by atoms with Gasteiger partial charge in [-0.25, -0.2) is 0 Å². The van der Waals surface area contributed by atoms with Crippen molar-refractivity contribution in [2.75, 3.05) is 32.6 Å². The first-order valence-corrected chi connectivity index (χ1v) is 7.11. The highest BCUT2D eigenvalue weighted by atomic mass is 19.4. The Morgan fingerprint density at radius 2 is 1.83 bits per heavy atom. The van der Waals surface area contributed by atoms with Crippen LogP contribution in [0.15, 0.2) is 24.3 Å². The Balaban J connectivity index is 2.48. The zero-order chi connectivity index (χ0) is 18.3. The van der Waals surface area contributed by atoms with Crippen molar-refractivity contribution in [2.24, 2.45) is 0 Å². The van der Waals surface area contributed by atoms with E-state index in [9.17, 15) is 22.8 Å². The highest BCUT2D eigenvalue weighted by Gasteiger charge is 2.29. The predicted octanol–water partition coefficient (Wildman–Crippen LogP) is 1.63. The van der Waals surface area contributed by atoms with Crippen LogP contribution < -0.4 is 15.4 Å². The summed E-state index contributed by atoms with van der Waals surface area (Å²) in [7, 11) is 3.00. The van der Waals surface area contributed by atoms with Crippen molar-refractivity contribution < 1.29 is 27.5 Å². The minimum absolute atomic E-state index is 0.146. The van der Waals surface area contributed by atoms with Crippen LogP contribution in [0, 0.1) is 0 Å². The summed E-state index contributed by atoms with van der Waals surface area (Å²) in [4.78, 5) is 24.9. The molecule has 24 heavy (non-hydrogen) atoms. The molecule has 0 spiro atoms. The number of rotatable bonds is 7. The molecule has 0 heterocycles. The molecule has 2 amide bonds. The van der Waals surface area contributed by atoms with Gasteiger partial charge in [0.1, 0.15) is 12.3 Å². The molecule has 1 aromatic rings. The van der Waals surface area contributed by atoms with Gasteiger partial charge in [0.25, 0.3) is 0 Å². The fourth-order valence-electron chi connectivity index (χ4n) is 1.77. The van der Waals surface area contributed by atoms with Crippen LogP contribution in [0.3, 0.4) is 0 Å². The quantitative estimate of drug-likeness (QED) is 0.787. The molecular formula is C15H20F3N3O3. The van der Waals surface area contributed by atoms with Crippen LogP contribution in [-0.4, -0.2) is 56.2 Å². The zero-order valence-corrected chi connectivity index (χ0v) is 13.6. The van der Waals surface area contributed by atoms with Gasteiger partial charge < -0.3 is 15.4 Å². The van der Waals surface area contributed by atoms with E-state index in [0.717, 1.165) is 0 Å². The Labute approximate surface area is 138 Å². The smallest absolute Gasteiger partial charge is 0.405 e. The van der Waals surface area contributed by atoms with E-state index < -0.39 is 30.6 Å². The summed E-state index contributed by atoms with van der Waals surface area (Å²) in [6, 6.07) is 5.76. The van der Waals surface area contributed by atoms with Crippen molar-refractivity contribution in [1.29, 1.82) is 0 Å². The normalized spacial score (nSPS) is 12.6. The lowest BCUT2D eigenvalue weighted by molar-refractivity contribution is -0.141. The lowest BCUT2D eigenvalue weighted by Gasteiger charge is -2.23. The van der Waals surface area contributed by atoms with Gasteiger partial charge in [-0.15, -0.1) is 0 Å². The van der Waals surface area contributed by atoms with Gasteiger partial charge in [-0.3, -0.25) is 14.5 Å². The molecule has 0 aromatic heterocycles. The van der Waals surface area contributed by atoms with Crippen molar-refractivity contribution in [3.63, 3.8) is 0 Å². The fraction of sp³-hybridized carbons (Fsp3) is 0.467. The molecule has 0 unspecified atom stereocenters. The van der Waals surface area contributed by atoms with E-state index >= 15 is 0 Å². The lowest BCUT2D eigenvalue weighted by Crippen LogP contribution is -2.47. The summed E-state index contributed by atoms with van der Waals surface area (Å²) in [5.74, 6) is -0.551. The van der Waals surface area contributed by atoms with Gasteiger partial charge in [0, 0.05) is 5.69 Å². The van der Waals surface area contributed by atoms with Crippen molar-refractivity contribution >= 4 is 17.5 Å². The number of alkyl halides is 3. The Morgan fingerprint density at radius 3 is 2.33 bits per heavy atom. The molecule has 1 aromatic carbocycles. The molecule has 0 saturated carbocycles. The maximum atomic E-state index is 12.1. The van der Waals surface area contributed by atoms with Gasteiger partial charge in [0.15, 0.2) is 0 Å². The summed E-state index contributed by atoms with van der Waals surface area (Å²) >= 11 is 0. The molecule has 1 rings (SSSR count). The molecule has 2 N–H and O–H groups in total. The molecule has 0 bridgehead atoms. The third-order valence-electron chi connectivity index (χ3n) is 3.27. The van der Waals surface area contributed by atoms with E-state index in [0.29, 0.717) is 11.4 Å². The minimum Gasteiger partial charge on any atom is -0.497 e. The van der Waals surface area contributed by atoms with E-state index in [1.54, 1.807) is 29.6 Å². The summed E-state index contributed by atoms with van der Waals surface area (Å²) < 4.78 is 41.3.